The van der Waals surface area contributed by atoms with E-state index in [4.69, 9.17) is 0 Å². The second-order valence-corrected chi connectivity index (χ2v) is 4.06. The monoisotopic (exact) mass is 227 g/mol. The SMILES string of the molecule is CCCNC(=O)CCN1CCC(NC)C1=O. The third kappa shape index (κ3) is 3.48. The van der Waals surface area contributed by atoms with E-state index >= 15 is 0 Å². The molecule has 1 rings (SSSR count). The van der Waals surface area contributed by atoms with Crippen molar-refractivity contribution in [1.82, 2.24) is 15.5 Å². The van der Waals surface area contributed by atoms with E-state index in [1.807, 2.05) is 6.92 Å². The molecule has 0 spiro atoms. The summed E-state index contributed by atoms with van der Waals surface area (Å²) in [5.74, 6) is 0.147. The van der Waals surface area contributed by atoms with Gasteiger partial charge >= 0.3 is 0 Å². The number of carbonyl (C=O) groups is 2. The molecule has 0 aromatic carbocycles. The van der Waals surface area contributed by atoms with Crippen LogP contribution in [0.2, 0.25) is 0 Å². The number of rotatable bonds is 6. The Hall–Kier alpha value is -1.10. The van der Waals surface area contributed by atoms with Gasteiger partial charge in [-0.3, -0.25) is 9.59 Å². The molecule has 1 saturated heterocycles. The number of carbonyl (C=O) groups excluding carboxylic acids is 2. The minimum atomic E-state index is -0.0568. The Kier molecular flexibility index (Phi) is 5.25. The first kappa shape index (κ1) is 13.0. The van der Waals surface area contributed by atoms with Gasteiger partial charge in [0.2, 0.25) is 11.8 Å². The van der Waals surface area contributed by atoms with Crippen LogP contribution < -0.4 is 10.6 Å². The summed E-state index contributed by atoms with van der Waals surface area (Å²) in [6, 6.07) is -0.0568. The summed E-state index contributed by atoms with van der Waals surface area (Å²) < 4.78 is 0. The number of likely N-dealkylation sites (tertiary alicyclic amines) is 1. The van der Waals surface area contributed by atoms with Crippen molar-refractivity contribution >= 4 is 11.8 Å². The second kappa shape index (κ2) is 6.48. The summed E-state index contributed by atoms with van der Waals surface area (Å²) in [4.78, 5) is 24.8. The average molecular weight is 227 g/mol. The van der Waals surface area contributed by atoms with Gasteiger partial charge in [-0.15, -0.1) is 0 Å². The van der Waals surface area contributed by atoms with Crippen molar-refractivity contribution in [3.8, 4) is 0 Å². The molecule has 0 radical (unpaired) electrons. The molecule has 1 aliphatic heterocycles. The van der Waals surface area contributed by atoms with Crippen LogP contribution in [-0.4, -0.2) is 49.4 Å². The van der Waals surface area contributed by atoms with Crippen LogP contribution in [0.15, 0.2) is 0 Å². The minimum absolute atomic E-state index is 0.0301. The van der Waals surface area contributed by atoms with Crippen molar-refractivity contribution in [2.45, 2.75) is 32.2 Å². The first-order valence-electron chi connectivity index (χ1n) is 5.91. The van der Waals surface area contributed by atoms with Crippen LogP contribution >= 0.6 is 0 Å². The minimum Gasteiger partial charge on any atom is -0.356 e. The number of hydrogen-bond donors (Lipinski definition) is 2. The normalized spacial score (nSPS) is 20.2. The van der Waals surface area contributed by atoms with Crippen LogP contribution in [0.1, 0.15) is 26.2 Å². The summed E-state index contributed by atoms with van der Waals surface area (Å²) in [6.07, 6.45) is 2.18. The molecule has 1 unspecified atom stereocenters. The van der Waals surface area contributed by atoms with Crippen molar-refractivity contribution in [1.29, 1.82) is 0 Å². The van der Waals surface area contributed by atoms with Gasteiger partial charge in [0.05, 0.1) is 6.04 Å². The Balaban J connectivity index is 2.23. The van der Waals surface area contributed by atoms with Gasteiger partial charge in [0.25, 0.3) is 0 Å². The highest BCUT2D eigenvalue weighted by molar-refractivity contribution is 5.84. The zero-order valence-corrected chi connectivity index (χ0v) is 10.1. The van der Waals surface area contributed by atoms with Gasteiger partial charge in [-0.2, -0.15) is 0 Å². The fourth-order valence-corrected chi connectivity index (χ4v) is 1.82. The molecule has 5 heteroatoms. The highest BCUT2D eigenvalue weighted by Gasteiger charge is 2.29. The number of likely N-dealkylation sites (N-methyl/N-ethyl adjacent to an activating group) is 1. The van der Waals surface area contributed by atoms with Crippen LogP contribution in [0, 0.1) is 0 Å². The van der Waals surface area contributed by atoms with E-state index in [2.05, 4.69) is 10.6 Å². The van der Waals surface area contributed by atoms with Crippen molar-refractivity contribution in [2.24, 2.45) is 0 Å². The van der Waals surface area contributed by atoms with Gasteiger partial charge in [0.1, 0.15) is 0 Å². The molecule has 1 fully saturated rings. The summed E-state index contributed by atoms with van der Waals surface area (Å²) >= 11 is 0. The summed E-state index contributed by atoms with van der Waals surface area (Å²) in [5, 5.41) is 5.78. The summed E-state index contributed by atoms with van der Waals surface area (Å²) in [7, 11) is 1.79. The van der Waals surface area contributed by atoms with E-state index < -0.39 is 0 Å². The molecule has 16 heavy (non-hydrogen) atoms. The molecule has 1 aliphatic rings. The topological polar surface area (TPSA) is 61.4 Å². The van der Waals surface area contributed by atoms with Gasteiger partial charge < -0.3 is 15.5 Å². The van der Waals surface area contributed by atoms with Crippen molar-refractivity contribution < 1.29 is 9.59 Å². The third-order valence-electron chi connectivity index (χ3n) is 2.83. The lowest BCUT2D eigenvalue weighted by atomic mass is 10.2. The standard InChI is InChI=1S/C11H21N3O2/c1-3-6-13-10(15)5-8-14-7-4-9(12-2)11(14)16/h9,12H,3-8H2,1-2H3,(H,13,15). The predicted octanol–water partition coefficient (Wildman–Crippen LogP) is -0.277. The molecule has 0 bridgehead atoms. The highest BCUT2D eigenvalue weighted by atomic mass is 16.2. The van der Waals surface area contributed by atoms with Gasteiger partial charge in [-0.25, -0.2) is 0 Å². The Morgan fingerprint density at radius 1 is 1.56 bits per heavy atom. The lowest BCUT2D eigenvalue weighted by Gasteiger charge is -2.16. The van der Waals surface area contributed by atoms with Gasteiger partial charge in [-0.05, 0) is 19.9 Å². The largest absolute Gasteiger partial charge is 0.356 e. The van der Waals surface area contributed by atoms with Crippen LogP contribution in [0.4, 0.5) is 0 Å². The number of amides is 2. The van der Waals surface area contributed by atoms with Crippen LogP contribution in [0.25, 0.3) is 0 Å². The molecule has 0 aromatic rings. The van der Waals surface area contributed by atoms with E-state index in [1.165, 1.54) is 0 Å². The predicted molar refractivity (Wildman–Crippen MR) is 62.0 cm³/mol. The smallest absolute Gasteiger partial charge is 0.239 e. The van der Waals surface area contributed by atoms with Crippen LogP contribution in [0.3, 0.4) is 0 Å². The quantitative estimate of drug-likeness (QED) is 0.656. The van der Waals surface area contributed by atoms with Crippen LogP contribution in [0.5, 0.6) is 0 Å². The lowest BCUT2D eigenvalue weighted by Crippen LogP contribution is -2.38. The molecule has 2 amide bonds. The molecular weight excluding hydrogens is 206 g/mol. The zero-order chi connectivity index (χ0) is 12.0. The van der Waals surface area contributed by atoms with E-state index in [0.29, 0.717) is 19.5 Å². The number of nitrogens with zero attached hydrogens (tertiary/aromatic N) is 1. The number of hydrogen-bond acceptors (Lipinski definition) is 3. The Morgan fingerprint density at radius 2 is 2.31 bits per heavy atom. The Morgan fingerprint density at radius 3 is 2.88 bits per heavy atom. The van der Waals surface area contributed by atoms with Gasteiger partial charge in [0.15, 0.2) is 0 Å². The maximum atomic E-state index is 11.7. The maximum absolute atomic E-state index is 11.7. The summed E-state index contributed by atoms with van der Waals surface area (Å²) in [5.41, 5.74) is 0. The fraction of sp³-hybridized carbons (Fsp3) is 0.818. The average Bonchev–Trinajstić information content (AvgIpc) is 2.64. The van der Waals surface area contributed by atoms with Crippen molar-refractivity contribution in [3.63, 3.8) is 0 Å². The van der Waals surface area contributed by atoms with Gasteiger partial charge in [0, 0.05) is 26.1 Å². The molecule has 1 atom stereocenters. The molecule has 1 heterocycles. The van der Waals surface area contributed by atoms with E-state index in [1.54, 1.807) is 11.9 Å². The highest BCUT2D eigenvalue weighted by Crippen LogP contribution is 2.10. The second-order valence-electron chi connectivity index (χ2n) is 4.06. The van der Waals surface area contributed by atoms with E-state index in [9.17, 15) is 9.59 Å². The molecule has 92 valence electrons. The van der Waals surface area contributed by atoms with E-state index in [-0.39, 0.29) is 17.9 Å². The van der Waals surface area contributed by atoms with Gasteiger partial charge in [-0.1, -0.05) is 6.92 Å². The summed E-state index contributed by atoms with van der Waals surface area (Å²) in [6.45, 7) is 4.02. The molecule has 0 saturated carbocycles. The fourth-order valence-electron chi connectivity index (χ4n) is 1.82. The van der Waals surface area contributed by atoms with Crippen molar-refractivity contribution in [2.75, 3.05) is 26.7 Å². The Labute approximate surface area is 96.6 Å². The third-order valence-corrected chi connectivity index (χ3v) is 2.83. The Bertz CT molecular complexity index is 256. The zero-order valence-electron chi connectivity index (χ0n) is 10.1. The first-order chi connectivity index (χ1) is 7.69. The van der Waals surface area contributed by atoms with Crippen molar-refractivity contribution in [3.05, 3.63) is 0 Å². The van der Waals surface area contributed by atoms with Crippen LogP contribution in [-0.2, 0) is 9.59 Å². The molecule has 5 nitrogen and oxygen atoms in total. The first-order valence-corrected chi connectivity index (χ1v) is 5.91. The molecule has 0 aliphatic carbocycles. The maximum Gasteiger partial charge on any atom is 0.239 e. The molecule has 0 aromatic heterocycles. The number of nitrogens with one attached hydrogen (secondary N) is 2. The lowest BCUT2D eigenvalue weighted by molar-refractivity contribution is -0.130. The molecule has 2 N–H and O–H groups in total. The van der Waals surface area contributed by atoms with E-state index in [0.717, 1.165) is 19.4 Å². The molecular formula is C11H21N3O2.